The normalized spacial score (nSPS) is 20.4. The van der Waals surface area contributed by atoms with Gasteiger partial charge >= 0.3 is 0 Å². The standard InChI is InChI=1S/C29H33N3O3/c1-29(11-14-31(15-12-29)27(33)24-6-3-2-4-7-24)28(34)32-16-17-35-21-23(20-32)18-22-9-10-26-25(19-22)8-5-13-30-26/h2-10,13,19,23H,11-12,14-18,20-21H2,1H3/t23-/m1/s1. The van der Waals surface area contributed by atoms with E-state index in [1.54, 1.807) is 0 Å². The van der Waals surface area contributed by atoms with Gasteiger partial charge in [0.15, 0.2) is 0 Å². The molecule has 2 aromatic carbocycles. The number of ether oxygens (including phenoxy) is 1. The molecule has 2 fully saturated rings. The van der Waals surface area contributed by atoms with Crippen LogP contribution in [0, 0.1) is 11.3 Å². The lowest BCUT2D eigenvalue weighted by molar-refractivity contribution is -0.144. The van der Waals surface area contributed by atoms with Crippen molar-refractivity contribution in [2.24, 2.45) is 11.3 Å². The van der Waals surface area contributed by atoms with Crippen LogP contribution in [0.15, 0.2) is 66.9 Å². The highest BCUT2D eigenvalue weighted by Gasteiger charge is 2.41. The Morgan fingerprint density at radius 1 is 1.00 bits per heavy atom. The van der Waals surface area contributed by atoms with Crippen LogP contribution in [0.3, 0.4) is 0 Å². The van der Waals surface area contributed by atoms with Crippen LogP contribution in [0.25, 0.3) is 10.9 Å². The number of fused-ring (bicyclic) bond motifs is 1. The summed E-state index contributed by atoms with van der Waals surface area (Å²) in [6.45, 7) is 5.83. The van der Waals surface area contributed by atoms with Crippen molar-refractivity contribution in [3.8, 4) is 0 Å². The maximum absolute atomic E-state index is 13.7. The minimum Gasteiger partial charge on any atom is -0.379 e. The number of likely N-dealkylation sites (tertiary alicyclic amines) is 1. The van der Waals surface area contributed by atoms with Crippen LogP contribution in [-0.2, 0) is 16.0 Å². The number of pyridine rings is 1. The van der Waals surface area contributed by atoms with Crippen molar-refractivity contribution in [3.05, 3.63) is 78.0 Å². The zero-order valence-corrected chi connectivity index (χ0v) is 20.4. The smallest absolute Gasteiger partial charge is 0.253 e. The molecule has 2 saturated heterocycles. The topological polar surface area (TPSA) is 62.7 Å². The van der Waals surface area contributed by atoms with E-state index in [0.717, 1.165) is 17.3 Å². The summed E-state index contributed by atoms with van der Waals surface area (Å²) in [5, 5.41) is 1.14. The molecule has 1 atom stereocenters. The number of aromatic nitrogens is 1. The maximum Gasteiger partial charge on any atom is 0.253 e. The van der Waals surface area contributed by atoms with Crippen molar-refractivity contribution < 1.29 is 14.3 Å². The fraction of sp³-hybridized carbons (Fsp3) is 0.414. The first-order chi connectivity index (χ1) is 17.0. The van der Waals surface area contributed by atoms with Gasteiger partial charge in [0.2, 0.25) is 5.91 Å². The number of carbonyl (C=O) groups excluding carboxylic acids is 2. The number of hydrogen-bond donors (Lipinski definition) is 0. The number of nitrogens with zero attached hydrogens (tertiary/aromatic N) is 3. The Balaban J connectivity index is 1.22. The van der Waals surface area contributed by atoms with Gasteiger partial charge in [0.25, 0.3) is 5.91 Å². The zero-order valence-electron chi connectivity index (χ0n) is 20.4. The van der Waals surface area contributed by atoms with E-state index in [4.69, 9.17) is 4.74 Å². The number of piperidine rings is 1. The van der Waals surface area contributed by atoms with E-state index in [9.17, 15) is 9.59 Å². The molecule has 0 unspecified atom stereocenters. The van der Waals surface area contributed by atoms with E-state index >= 15 is 0 Å². The summed E-state index contributed by atoms with van der Waals surface area (Å²) in [5.41, 5.74) is 2.50. The molecule has 182 valence electrons. The molecule has 0 bridgehead atoms. The average molecular weight is 472 g/mol. The summed E-state index contributed by atoms with van der Waals surface area (Å²) in [5.74, 6) is 0.496. The highest BCUT2D eigenvalue weighted by molar-refractivity contribution is 5.94. The van der Waals surface area contributed by atoms with Crippen LogP contribution in [-0.4, -0.2) is 66.0 Å². The second kappa shape index (κ2) is 10.2. The Morgan fingerprint density at radius 3 is 2.60 bits per heavy atom. The average Bonchev–Trinajstić information content (AvgIpc) is 3.14. The lowest BCUT2D eigenvalue weighted by atomic mass is 9.78. The van der Waals surface area contributed by atoms with Crippen LogP contribution >= 0.6 is 0 Å². The van der Waals surface area contributed by atoms with E-state index < -0.39 is 5.41 Å². The van der Waals surface area contributed by atoms with Gasteiger partial charge in [-0.05, 0) is 55.2 Å². The molecule has 1 aromatic heterocycles. The fourth-order valence-electron chi connectivity index (χ4n) is 5.34. The van der Waals surface area contributed by atoms with Crippen LogP contribution in [0.1, 0.15) is 35.7 Å². The number of benzene rings is 2. The fourth-order valence-corrected chi connectivity index (χ4v) is 5.34. The second-order valence-corrected chi connectivity index (χ2v) is 10.1. The molecule has 2 amide bonds. The molecule has 2 aliphatic heterocycles. The van der Waals surface area contributed by atoms with Crippen molar-refractivity contribution in [2.45, 2.75) is 26.2 Å². The van der Waals surface area contributed by atoms with Gasteiger partial charge in [0, 0.05) is 54.7 Å². The third-order valence-electron chi connectivity index (χ3n) is 7.51. The number of hydrogen-bond acceptors (Lipinski definition) is 4. The summed E-state index contributed by atoms with van der Waals surface area (Å²) in [6, 6.07) is 19.8. The summed E-state index contributed by atoms with van der Waals surface area (Å²) in [7, 11) is 0. The Hall–Kier alpha value is -3.25. The van der Waals surface area contributed by atoms with Crippen molar-refractivity contribution in [1.29, 1.82) is 0 Å². The van der Waals surface area contributed by atoms with Crippen LogP contribution in [0.5, 0.6) is 0 Å². The Morgan fingerprint density at radius 2 is 1.80 bits per heavy atom. The second-order valence-electron chi connectivity index (χ2n) is 10.1. The van der Waals surface area contributed by atoms with Crippen molar-refractivity contribution in [2.75, 3.05) is 39.4 Å². The third-order valence-corrected chi connectivity index (χ3v) is 7.51. The number of amides is 2. The predicted octanol–water partition coefficient (Wildman–Crippen LogP) is 4.19. The lowest BCUT2D eigenvalue weighted by Gasteiger charge is -2.41. The molecule has 6 nitrogen and oxygen atoms in total. The van der Waals surface area contributed by atoms with Crippen LogP contribution in [0.2, 0.25) is 0 Å². The molecule has 0 N–H and O–H groups in total. The van der Waals surface area contributed by atoms with Gasteiger partial charge < -0.3 is 14.5 Å². The molecule has 0 saturated carbocycles. The summed E-state index contributed by atoms with van der Waals surface area (Å²) < 4.78 is 5.91. The van der Waals surface area contributed by atoms with E-state index in [1.165, 1.54) is 5.56 Å². The monoisotopic (exact) mass is 471 g/mol. The van der Waals surface area contributed by atoms with Gasteiger partial charge in [0.1, 0.15) is 0 Å². The first kappa shape index (κ1) is 23.5. The highest BCUT2D eigenvalue weighted by atomic mass is 16.5. The van der Waals surface area contributed by atoms with Gasteiger partial charge in [-0.15, -0.1) is 0 Å². The first-order valence-electron chi connectivity index (χ1n) is 12.6. The van der Waals surface area contributed by atoms with Crippen molar-refractivity contribution in [1.82, 2.24) is 14.8 Å². The van der Waals surface area contributed by atoms with Crippen LogP contribution < -0.4 is 0 Å². The van der Waals surface area contributed by atoms with E-state index in [1.807, 2.05) is 52.4 Å². The third kappa shape index (κ3) is 5.22. The van der Waals surface area contributed by atoms with Crippen molar-refractivity contribution in [3.63, 3.8) is 0 Å². The van der Waals surface area contributed by atoms with E-state index in [0.29, 0.717) is 57.8 Å². The molecule has 0 spiro atoms. The molecule has 0 radical (unpaired) electrons. The van der Waals surface area contributed by atoms with Gasteiger partial charge in [-0.2, -0.15) is 0 Å². The van der Waals surface area contributed by atoms with Gasteiger partial charge in [-0.25, -0.2) is 0 Å². The quantitative estimate of drug-likeness (QED) is 0.572. The molecule has 6 heteroatoms. The molecule has 3 heterocycles. The Labute approximate surface area is 206 Å². The largest absolute Gasteiger partial charge is 0.379 e. The predicted molar refractivity (Wildman–Crippen MR) is 136 cm³/mol. The van der Waals surface area contributed by atoms with Gasteiger partial charge in [-0.3, -0.25) is 14.6 Å². The van der Waals surface area contributed by atoms with E-state index in [2.05, 4.69) is 36.2 Å². The zero-order chi connectivity index (χ0) is 24.3. The molecular weight excluding hydrogens is 438 g/mol. The Kier molecular flexibility index (Phi) is 6.82. The van der Waals surface area contributed by atoms with Crippen molar-refractivity contribution >= 4 is 22.7 Å². The minimum atomic E-state index is -0.447. The van der Waals surface area contributed by atoms with Crippen LogP contribution in [0.4, 0.5) is 0 Å². The molecular formula is C29H33N3O3. The highest BCUT2D eigenvalue weighted by Crippen LogP contribution is 2.34. The molecule has 35 heavy (non-hydrogen) atoms. The molecule has 2 aliphatic rings. The summed E-state index contributed by atoms with van der Waals surface area (Å²) in [6.07, 6.45) is 4.05. The molecule has 5 rings (SSSR count). The number of carbonyl (C=O) groups is 2. The SMILES string of the molecule is CC1(C(=O)N2CCOC[C@H](Cc3ccc4ncccc4c3)C2)CCN(C(=O)c2ccccc2)CC1. The van der Waals surface area contributed by atoms with Gasteiger partial charge in [-0.1, -0.05) is 37.3 Å². The maximum atomic E-state index is 13.7. The summed E-state index contributed by atoms with van der Waals surface area (Å²) >= 11 is 0. The Bertz CT molecular complexity index is 1190. The molecule has 3 aromatic rings. The lowest BCUT2D eigenvalue weighted by Crippen LogP contribution is -2.51. The molecule has 0 aliphatic carbocycles. The number of rotatable bonds is 4. The summed E-state index contributed by atoms with van der Waals surface area (Å²) in [4.78, 5) is 34.8. The minimum absolute atomic E-state index is 0.0499. The van der Waals surface area contributed by atoms with Gasteiger partial charge in [0.05, 0.1) is 18.7 Å². The van der Waals surface area contributed by atoms with E-state index in [-0.39, 0.29) is 17.7 Å². The first-order valence-corrected chi connectivity index (χ1v) is 12.6.